The van der Waals surface area contributed by atoms with Crippen LogP contribution >= 0.6 is 34.4 Å². The van der Waals surface area contributed by atoms with Crippen LogP contribution in [0.1, 0.15) is 9.75 Å². The van der Waals surface area contributed by atoms with Gasteiger partial charge < -0.3 is 9.47 Å². The van der Waals surface area contributed by atoms with Crippen molar-refractivity contribution in [3.63, 3.8) is 0 Å². The highest BCUT2D eigenvalue weighted by Crippen LogP contribution is 2.30. The van der Waals surface area contributed by atoms with Gasteiger partial charge in [-0.2, -0.15) is 0 Å². The maximum absolute atomic E-state index is 12.0. The fraction of sp³-hybridized carbons (Fsp3) is 0.0833. The standard InChI is InChI=1S/C24H18O4S3/c25-23(15-21-3-1-13-29-21)27-17-5-9-19(10-6-17)31-20-11-7-18(8-12-20)28-24(26)16-22-4-2-14-30-22/h1-14H,15-16H2. The number of hydrogen-bond acceptors (Lipinski definition) is 7. The molecule has 7 heteroatoms. The summed E-state index contributed by atoms with van der Waals surface area (Å²) in [6.45, 7) is 0. The van der Waals surface area contributed by atoms with Crippen molar-refractivity contribution in [3.8, 4) is 11.5 Å². The fourth-order valence-corrected chi connectivity index (χ4v) is 4.93. The lowest BCUT2D eigenvalue weighted by Gasteiger charge is -2.07. The lowest BCUT2D eigenvalue weighted by Crippen LogP contribution is -2.10. The number of carbonyl (C=O) groups excluding carboxylic acids is 2. The quantitative estimate of drug-likeness (QED) is 0.227. The first kappa shape index (κ1) is 21.4. The minimum absolute atomic E-state index is 0.271. The van der Waals surface area contributed by atoms with E-state index in [4.69, 9.17) is 9.47 Å². The van der Waals surface area contributed by atoms with Crippen molar-refractivity contribution in [3.05, 3.63) is 93.3 Å². The van der Waals surface area contributed by atoms with Gasteiger partial charge in [-0.1, -0.05) is 23.9 Å². The van der Waals surface area contributed by atoms with Crippen LogP contribution in [0.2, 0.25) is 0 Å². The van der Waals surface area contributed by atoms with E-state index in [1.54, 1.807) is 36.0 Å². The average Bonchev–Trinajstić information content (AvgIpc) is 3.45. The molecule has 0 radical (unpaired) electrons. The van der Waals surface area contributed by atoms with Crippen molar-refractivity contribution in [1.29, 1.82) is 0 Å². The third-order valence-electron chi connectivity index (χ3n) is 4.14. The first-order chi connectivity index (χ1) is 15.1. The number of thiophene rings is 2. The molecule has 4 aromatic rings. The van der Waals surface area contributed by atoms with Crippen LogP contribution in [0.5, 0.6) is 11.5 Å². The van der Waals surface area contributed by atoms with Crippen LogP contribution in [0.15, 0.2) is 93.3 Å². The third kappa shape index (κ3) is 6.55. The second-order valence-corrected chi connectivity index (χ2v) is 9.72. The van der Waals surface area contributed by atoms with Crippen LogP contribution in [0.3, 0.4) is 0 Å². The van der Waals surface area contributed by atoms with E-state index < -0.39 is 0 Å². The Morgan fingerprint density at radius 2 is 1.06 bits per heavy atom. The van der Waals surface area contributed by atoms with Gasteiger partial charge in [0.1, 0.15) is 11.5 Å². The zero-order valence-electron chi connectivity index (χ0n) is 16.4. The van der Waals surface area contributed by atoms with Gasteiger partial charge in [0.2, 0.25) is 0 Å². The summed E-state index contributed by atoms with van der Waals surface area (Å²) >= 11 is 4.65. The van der Waals surface area contributed by atoms with Gasteiger partial charge in [0.15, 0.2) is 0 Å². The molecular formula is C24H18O4S3. The first-order valence-corrected chi connectivity index (χ1v) is 12.1. The van der Waals surface area contributed by atoms with Crippen molar-refractivity contribution in [2.45, 2.75) is 22.6 Å². The van der Waals surface area contributed by atoms with Crippen LogP contribution in [0.25, 0.3) is 0 Å². The Balaban J connectivity index is 1.27. The van der Waals surface area contributed by atoms with Crippen LogP contribution < -0.4 is 9.47 Å². The highest BCUT2D eigenvalue weighted by Gasteiger charge is 2.09. The van der Waals surface area contributed by atoms with E-state index >= 15 is 0 Å². The van der Waals surface area contributed by atoms with E-state index in [9.17, 15) is 9.59 Å². The van der Waals surface area contributed by atoms with Crippen LogP contribution in [0, 0.1) is 0 Å². The molecule has 0 N–H and O–H groups in total. The van der Waals surface area contributed by atoms with Gasteiger partial charge >= 0.3 is 11.9 Å². The predicted octanol–water partition coefficient (Wildman–Crippen LogP) is 6.26. The van der Waals surface area contributed by atoms with Crippen molar-refractivity contribution in [2.75, 3.05) is 0 Å². The van der Waals surface area contributed by atoms with Crippen LogP contribution in [-0.4, -0.2) is 11.9 Å². The van der Waals surface area contributed by atoms with E-state index in [1.807, 2.05) is 59.3 Å². The highest BCUT2D eigenvalue weighted by atomic mass is 32.2. The summed E-state index contributed by atoms with van der Waals surface area (Å²) < 4.78 is 10.8. The molecule has 2 aromatic carbocycles. The van der Waals surface area contributed by atoms with E-state index in [2.05, 4.69) is 0 Å². The van der Waals surface area contributed by atoms with Crippen molar-refractivity contribution < 1.29 is 19.1 Å². The molecule has 0 aliphatic carbocycles. The Morgan fingerprint density at radius 1 is 0.645 bits per heavy atom. The Hall–Kier alpha value is -2.87. The van der Waals surface area contributed by atoms with Crippen LogP contribution in [-0.2, 0) is 22.4 Å². The molecule has 0 amide bonds. The molecule has 2 heterocycles. The molecule has 0 aliphatic heterocycles. The number of hydrogen-bond donors (Lipinski definition) is 0. The average molecular weight is 467 g/mol. The molecule has 0 bridgehead atoms. The smallest absolute Gasteiger partial charge is 0.316 e. The molecule has 31 heavy (non-hydrogen) atoms. The van der Waals surface area contributed by atoms with E-state index in [0.29, 0.717) is 11.5 Å². The zero-order valence-corrected chi connectivity index (χ0v) is 18.8. The monoisotopic (exact) mass is 466 g/mol. The molecule has 0 saturated heterocycles. The molecule has 0 fully saturated rings. The molecule has 0 unspecified atom stereocenters. The Morgan fingerprint density at radius 3 is 1.42 bits per heavy atom. The largest absolute Gasteiger partial charge is 0.426 e. The van der Waals surface area contributed by atoms with Gasteiger partial charge in [0.25, 0.3) is 0 Å². The summed E-state index contributed by atoms with van der Waals surface area (Å²) in [6.07, 6.45) is 0.552. The van der Waals surface area contributed by atoms with E-state index in [0.717, 1.165) is 19.5 Å². The van der Waals surface area contributed by atoms with Gasteiger partial charge in [-0.3, -0.25) is 9.59 Å². The van der Waals surface area contributed by atoms with E-state index in [1.165, 1.54) is 22.7 Å². The Kier molecular flexibility index (Phi) is 7.19. The van der Waals surface area contributed by atoms with Gasteiger partial charge in [-0.25, -0.2) is 0 Å². The molecule has 0 saturated carbocycles. The molecule has 0 aliphatic rings. The minimum atomic E-state index is -0.271. The topological polar surface area (TPSA) is 52.6 Å². The molecule has 4 nitrogen and oxygen atoms in total. The van der Waals surface area contributed by atoms with Crippen molar-refractivity contribution in [1.82, 2.24) is 0 Å². The molecule has 4 rings (SSSR count). The lowest BCUT2D eigenvalue weighted by molar-refractivity contribution is -0.134. The second kappa shape index (κ2) is 10.4. The number of ether oxygens (including phenoxy) is 2. The van der Waals surface area contributed by atoms with Gasteiger partial charge in [0.05, 0.1) is 12.8 Å². The maximum atomic E-state index is 12.0. The Bertz CT molecular complexity index is 1030. The number of benzene rings is 2. The van der Waals surface area contributed by atoms with Crippen molar-refractivity contribution in [2.24, 2.45) is 0 Å². The summed E-state index contributed by atoms with van der Waals surface area (Å²) in [6, 6.07) is 22.5. The molecular weight excluding hydrogens is 448 g/mol. The summed E-state index contributed by atoms with van der Waals surface area (Å²) in [5, 5.41) is 3.88. The molecule has 156 valence electrons. The fourth-order valence-electron chi connectivity index (χ4n) is 2.73. The normalized spacial score (nSPS) is 10.6. The number of rotatable bonds is 8. The number of esters is 2. The second-order valence-electron chi connectivity index (χ2n) is 6.51. The van der Waals surface area contributed by atoms with Crippen molar-refractivity contribution >= 4 is 46.4 Å². The highest BCUT2D eigenvalue weighted by molar-refractivity contribution is 7.99. The molecule has 0 atom stereocenters. The summed E-state index contributed by atoms with van der Waals surface area (Å²) in [7, 11) is 0. The minimum Gasteiger partial charge on any atom is -0.426 e. The van der Waals surface area contributed by atoms with Crippen LogP contribution in [0.4, 0.5) is 0 Å². The zero-order chi connectivity index (χ0) is 21.5. The SMILES string of the molecule is O=C(Cc1cccs1)Oc1ccc(Sc2ccc(OC(=O)Cc3cccs3)cc2)cc1. The first-order valence-electron chi connectivity index (χ1n) is 9.48. The molecule has 2 aromatic heterocycles. The van der Waals surface area contributed by atoms with Gasteiger partial charge in [-0.15, -0.1) is 22.7 Å². The summed E-state index contributed by atoms with van der Waals surface area (Å²) in [5.41, 5.74) is 0. The van der Waals surface area contributed by atoms with Gasteiger partial charge in [0, 0.05) is 19.5 Å². The summed E-state index contributed by atoms with van der Waals surface area (Å²) in [4.78, 5) is 28.0. The lowest BCUT2D eigenvalue weighted by atomic mass is 10.3. The van der Waals surface area contributed by atoms with Gasteiger partial charge in [-0.05, 0) is 71.4 Å². The third-order valence-corrected chi connectivity index (χ3v) is 6.91. The van der Waals surface area contributed by atoms with E-state index in [-0.39, 0.29) is 24.8 Å². The number of carbonyl (C=O) groups is 2. The molecule has 0 spiro atoms. The Labute approximate surface area is 192 Å². The predicted molar refractivity (Wildman–Crippen MR) is 124 cm³/mol. The summed E-state index contributed by atoms with van der Waals surface area (Å²) in [5.74, 6) is 0.511. The maximum Gasteiger partial charge on any atom is 0.316 e.